The monoisotopic (exact) mass is 393 g/mol. The van der Waals surface area contributed by atoms with Gasteiger partial charge in [0.25, 0.3) is 0 Å². The Morgan fingerprint density at radius 1 is 1.14 bits per heavy atom. The van der Waals surface area contributed by atoms with Crippen LogP contribution < -0.4 is 5.73 Å². The number of nitrogens with one attached hydrogen (secondary N) is 1. The second kappa shape index (κ2) is 7.12. The maximum absolute atomic E-state index is 13.1. The maximum Gasteiger partial charge on any atom is 0.241 e. The van der Waals surface area contributed by atoms with E-state index >= 15 is 0 Å². The summed E-state index contributed by atoms with van der Waals surface area (Å²) in [6, 6.07) is 6.74. The fourth-order valence-corrected chi connectivity index (χ4v) is 3.23. The summed E-state index contributed by atoms with van der Waals surface area (Å²) < 4.78 is 13.1. The number of aromatic amines is 1. The number of thiazole rings is 1. The van der Waals surface area contributed by atoms with Gasteiger partial charge >= 0.3 is 0 Å². The molecule has 138 valence electrons. The third kappa shape index (κ3) is 3.42. The first-order valence-corrected chi connectivity index (χ1v) is 8.91. The van der Waals surface area contributed by atoms with E-state index in [1.807, 2.05) is 0 Å². The van der Waals surface area contributed by atoms with Gasteiger partial charge in [0.15, 0.2) is 15.8 Å². The first-order valence-electron chi connectivity index (χ1n) is 8.09. The molecule has 28 heavy (non-hydrogen) atoms. The highest BCUT2D eigenvalue weighted by molar-refractivity contribution is 7.12. The van der Waals surface area contributed by atoms with Gasteiger partial charge in [0.05, 0.1) is 18.1 Å². The van der Waals surface area contributed by atoms with Crippen molar-refractivity contribution in [3.05, 3.63) is 70.2 Å². The lowest BCUT2D eigenvalue weighted by atomic mass is 10.1. The minimum Gasteiger partial charge on any atom is -0.366 e. The molecule has 1 aromatic carbocycles. The predicted octanol–water partition coefficient (Wildman–Crippen LogP) is 2.95. The summed E-state index contributed by atoms with van der Waals surface area (Å²) in [4.78, 5) is 38.9. The van der Waals surface area contributed by atoms with Crippen molar-refractivity contribution in [1.82, 2.24) is 19.9 Å². The first-order chi connectivity index (χ1) is 13.5. The number of fused-ring (bicyclic) bond motifs is 1. The van der Waals surface area contributed by atoms with Crippen LogP contribution in [0, 0.1) is 5.13 Å². The number of nitrogens with zero attached hydrogens (tertiary/aromatic N) is 3. The molecule has 4 aromatic rings. The van der Waals surface area contributed by atoms with Crippen molar-refractivity contribution in [2.75, 3.05) is 0 Å². The summed E-state index contributed by atoms with van der Waals surface area (Å²) in [7, 11) is 0. The summed E-state index contributed by atoms with van der Waals surface area (Å²) in [5, 5.41) is -0.402. The third-order valence-corrected chi connectivity index (χ3v) is 4.74. The van der Waals surface area contributed by atoms with Crippen LogP contribution in [0.3, 0.4) is 0 Å². The van der Waals surface area contributed by atoms with E-state index in [0.29, 0.717) is 39.3 Å². The Bertz CT molecular complexity index is 1230. The van der Waals surface area contributed by atoms with E-state index in [4.69, 9.17) is 5.73 Å². The summed E-state index contributed by atoms with van der Waals surface area (Å²) in [5.41, 5.74) is 8.73. The SMILES string of the molecule is NC(=O)/C=C/c1c[nH]c2ncc(-c3ccc(C(=O)c4ncc(F)s4)cc3)nc12. The van der Waals surface area contributed by atoms with E-state index in [1.165, 1.54) is 6.08 Å². The number of hydrogen-bond acceptors (Lipinski definition) is 6. The number of ketones is 1. The number of aromatic nitrogens is 4. The number of benzene rings is 1. The second-order valence-corrected chi connectivity index (χ2v) is 6.79. The van der Waals surface area contributed by atoms with E-state index in [9.17, 15) is 14.0 Å². The minimum atomic E-state index is -0.557. The Morgan fingerprint density at radius 2 is 1.93 bits per heavy atom. The molecule has 0 fully saturated rings. The Morgan fingerprint density at radius 3 is 2.61 bits per heavy atom. The van der Waals surface area contributed by atoms with Crippen molar-refractivity contribution in [1.29, 1.82) is 0 Å². The number of halogens is 1. The number of carbonyl (C=O) groups excluding carboxylic acids is 2. The van der Waals surface area contributed by atoms with Crippen LogP contribution in [0.25, 0.3) is 28.5 Å². The quantitative estimate of drug-likeness (QED) is 0.400. The highest BCUT2D eigenvalue weighted by Gasteiger charge is 2.14. The average Bonchev–Trinajstić information content (AvgIpc) is 3.31. The zero-order valence-electron chi connectivity index (χ0n) is 14.2. The molecule has 0 unspecified atom stereocenters. The van der Waals surface area contributed by atoms with Crippen LogP contribution in [0.4, 0.5) is 4.39 Å². The van der Waals surface area contributed by atoms with Crippen LogP contribution in [0.1, 0.15) is 20.9 Å². The number of nitrogens with two attached hydrogens (primary N) is 1. The molecule has 0 aliphatic carbocycles. The molecule has 0 aliphatic rings. The van der Waals surface area contributed by atoms with Crippen molar-refractivity contribution in [2.24, 2.45) is 5.73 Å². The molecule has 9 heteroatoms. The molecule has 0 spiro atoms. The fraction of sp³-hybridized carbons (Fsp3) is 0. The van der Waals surface area contributed by atoms with Gasteiger partial charge in [-0.1, -0.05) is 35.6 Å². The molecule has 0 bridgehead atoms. The molecule has 3 heterocycles. The van der Waals surface area contributed by atoms with Crippen molar-refractivity contribution in [3.8, 4) is 11.3 Å². The number of hydrogen-bond donors (Lipinski definition) is 2. The summed E-state index contributed by atoms with van der Waals surface area (Å²) >= 11 is 0.709. The average molecular weight is 393 g/mol. The molecular weight excluding hydrogens is 381 g/mol. The van der Waals surface area contributed by atoms with Crippen molar-refractivity contribution < 1.29 is 14.0 Å². The van der Waals surface area contributed by atoms with Gasteiger partial charge in [-0.15, -0.1) is 0 Å². The third-order valence-electron chi connectivity index (χ3n) is 3.95. The Hall–Kier alpha value is -3.72. The summed E-state index contributed by atoms with van der Waals surface area (Å²) in [6.07, 6.45) is 7.13. The standard InChI is InChI=1S/C19H12FN5O2S/c20-14-9-24-19(28-14)17(27)11-3-1-10(2-4-11)13-8-23-18-16(25-13)12(7-22-18)5-6-15(21)26/h1-9H,(H2,21,26)(H,22,23)/b6-5+. The van der Waals surface area contributed by atoms with Gasteiger partial charge in [-0.05, 0) is 6.08 Å². The van der Waals surface area contributed by atoms with Gasteiger partial charge in [0.2, 0.25) is 11.7 Å². The molecule has 4 rings (SSSR count). The van der Waals surface area contributed by atoms with Crippen LogP contribution in [0.2, 0.25) is 0 Å². The molecule has 0 aliphatic heterocycles. The lowest BCUT2D eigenvalue weighted by molar-refractivity contribution is -0.113. The molecule has 0 saturated heterocycles. The van der Waals surface area contributed by atoms with Gasteiger partial charge in [-0.25, -0.2) is 15.0 Å². The van der Waals surface area contributed by atoms with Gasteiger partial charge in [-0.2, -0.15) is 4.39 Å². The zero-order chi connectivity index (χ0) is 19.7. The molecule has 0 atom stereocenters. The minimum absolute atomic E-state index is 0.102. The number of amides is 1. The van der Waals surface area contributed by atoms with Crippen LogP contribution in [0.5, 0.6) is 0 Å². The van der Waals surface area contributed by atoms with Crippen LogP contribution in [0.15, 0.2) is 48.9 Å². The normalized spacial score (nSPS) is 11.3. The smallest absolute Gasteiger partial charge is 0.241 e. The molecule has 3 aromatic heterocycles. The Balaban J connectivity index is 1.65. The maximum atomic E-state index is 13.1. The van der Waals surface area contributed by atoms with E-state index in [2.05, 4.69) is 19.9 Å². The summed E-state index contributed by atoms with van der Waals surface area (Å²) in [6.45, 7) is 0. The largest absolute Gasteiger partial charge is 0.366 e. The van der Waals surface area contributed by atoms with E-state index in [-0.39, 0.29) is 10.8 Å². The molecule has 3 N–H and O–H groups in total. The summed E-state index contributed by atoms with van der Waals surface area (Å²) in [5.74, 6) is -0.898. The van der Waals surface area contributed by atoms with Crippen LogP contribution in [-0.4, -0.2) is 31.6 Å². The molecule has 0 saturated carbocycles. The predicted molar refractivity (Wildman–Crippen MR) is 103 cm³/mol. The number of H-pyrrole nitrogens is 1. The fourth-order valence-electron chi connectivity index (χ4n) is 2.62. The van der Waals surface area contributed by atoms with Crippen molar-refractivity contribution >= 4 is 40.3 Å². The number of primary amides is 1. The van der Waals surface area contributed by atoms with E-state index in [0.717, 1.165) is 11.8 Å². The lowest BCUT2D eigenvalue weighted by Gasteiger charge is -2.03. The highest BCUT2D eigenvalue weighted by atomic mass is 32.1. The van der Waals surface area contributed by atoms with Crippen molar-refractivity contribution in [3.63, 3.8) is 0 Å². The molecule has 1 amide bonds. The van der Waals surface area contributed by atoms with Crippen LogP contribution in [-0.2, 0) is 4.79 Å². The van der Waals surface area contributed by atoms with Crippen molar-refractivity contribution in [2.45, 2.75) is 0 Å². The van der Waals surface area contributed by atoms with Gasteiger partial charge in [0, 0.05) is 29.0 Å². The second-order valence-electron chi connectivity index (χ2n) is 5.81. The van der Waals surface area contributed by atoms with E-state index in [1.54, 1.807) is 42.7 Å². The van der Waals surface area contributed by atoms with Gasteiger partial charge in [-0.3, -0.25) is 9.59 Å². The molecule has 0 radical (unpaired) electrons. The number of carbonyl (C=O) groups is 2. The van der Waals surface area contributed by atoms with Gasteiger partial charge in [0.1, 0.15) is 5.52 Å². The Labute approximate surface area is 161 Å². The lowest BCUT2D eigenvalue weighted by Crippen LogP contribution is -2.05. The van der Waals surface area contributed by atoms with Crippen LogP contribution >= 0.6 is 11.3 Å². The topological polar surface area (TPSA) is 115 Å². The first kappa shape index (κ1) is 17.7. The number of rotatable bonds is 5. The Kier molecular flexibility index (Phi) is 4.50. The zero-order valence-corrected chi connectivity index (χ0v) is 15.0. The molecular formula is C19H12FN5O2S. The van der Waals surface area contributed by atoms with E-state index < -0.39 is 11.0 Å². The molecule has 7 nitrogen and oxygen atoms in total. The highest BCUT2D eigenvalue weighted by Crippen LogP contribution is 2.23. The van der Waals surface area contributed by atoms with Gasteiger partial charge < -0.3 is 10.7 Å².